The first-order valence-corrected chi connectivity index (χ1v) is 9.68. The molecule has 0 aliphatic heterocycles. The van der Waals surface area contributed by atoms with Crippen LogP contribution in [0, 0.1) is 6.92 Å². The summed E-state index contributed by atoms with van der Waals surface area (Å²) in [6.45, 7) is 8.70. The summed E-state index contributed by atoms with van der Waals surface area (Å²) < 4.78 is 10.3. The van der Waals surface area contributed by atoms with Crippen molar-refractivity contribution in [3.63, 3.8) is 0 Å². The van der Waals surface area contributed by atoms with Crippen molar-refractivity contribution in [2.75, 3.05) is 17.2 Å². The van der Waals surface area contributed by atoms with Gasteiger partial charge in [-0.3, -0.25) is 5.32 Å². The van der Waals surface area contributed by atoms with Crippen molar-refractivity contribution < 1.29 is 14.1 Å². The summed E-state index contributed by atoms with van der Waals surface area (Å²) in [5, 5.41) is 10.1. The van der Waals surface area contributed by atoms with Crippen LogP contribution in [0.25, 0.3) is 11.4 Å². The number of aromatic nitrogens is 2. The van der Waals surface area contributed by atoms with Crippen molar-refractivity contribution in [1.82, 2.24) is 10.1 Å². The van der Waals surface area contributed by atoms with E-state index in [2.05, 4.69) is 46.8 Å². The Hall–Kier alpha value is -3.35. The molecule has 0 aliphatic rings. The van der Waals surface area contributed by atoms with E-state index in [4.69, 9.17) is 9.26 Å². The molecule has 2 N–H and O–H groups in total. The Balaban J connectivity index is 1.66. The number of carbonyl (C=O) groups excluding carboxylic acids is 1. The molecule has 0 aliphatic carbocycles. The van der Waals surface area contributed by atoms with E-state index < -0.39 is 6.09 Å². The van der Waals surface area contributed by atoms with Crippen molar-refractivity contribution in [3.05, 3.63) is 59.5 Å². The van der Waals surface area contributed by atoms with Crippen molar-refractivity contribution in [3.8, 4) is 11.4 Å². The van der Waals surface area contributed by atoms with Gasteiger partial charge in [-0.05, 0) is 43.0 Å². The van der Waals surface area contributed by atoms with Crippen LogP contribution in [-0.4, -0.2) is 22.8 Å². The molecule has 1 aromatic heterocycles. The minimum atomic E-state index is -0.474. The van der Waals surface area contributed by atoms with Gasteiger partial charge in [-0.2, -0.15) is 4.98 Å². The number of rotatable bonds is 7. The van der Waals surface area contributed by atoms with E-state index in [0.29, 0.717) is 36.5 Å². The second kappa shape index (κ2) is 9.23. The van der Waals surface area contributed by atoms with Crippen molar-refractivity contribution in [2.24, 2.45) is 0 Å². The number of nitrogens with one attached hydrogen (secondary N) is 2. The van der Waals surface area contributed by atoms with Gasteiger partial charge in [-0.1, -0.05) is 49.3 Å². The number of benzene rings is 2. The predicted octanol–water partition coefficient (Wildman–Crippen LogP) is 5.35. The number of hydrogen-bond donors (Lipinski definition) is 2. The van der Waals surface area contributed by atoms with Gasteiger partial charge in [0.15, 0.2) is 0 Å². The number of carbonyl (C=O) groups is 1. The van der Waals surface area contributed by atoms with Gasteiger partial charge in [0.25, 0.3) is 0 Å². The topological polar surface area (TPSA) is 89.3 Å². The average Bonchev–Trinajstić information content (AvgIpc) is 3.18. The molecule has 3 aromatic rings. The lowest BCUT2D eigenvalue weighted by atomic mass is 10.0. The Kier molecular flexibility index (Phi) is 6.49. The van der Waals surface area contributed by atoms with Crippen molar-refractivity contribution in [1.29, 1.82) is 0 Å². The zero-order chi connectivity index (χ0) is 20.8. The minimum Gasteiger partial charge on any atom is -0.450 e. The normalized spacial score (nSPS) is 10.8. The molecule has 0 saturated carbocycles. The van der Waals surface area contributed by atoms with E-state index in [1.807, 2.05) is 37.3 Å². The Morgan fingerprint density at radius 2 is 1.86 bits per heavy atom. The molecule has 0 atom stereocenters. The van der Waals surface area contributed by atoms with Crippen LogP contribution in [-0.2, 0) is 11.3 Å². The van der Waals surface area contributed by atoms with Gasteiger partial charge in [0.05, 0.1) is 13.2 Å². The maximum atomic E-state index is 11.7. The second-order valence-electron chi connectivity index (χ2n) is 6.97. The van der Waals surface area contributed by atoms with E-state index in [9.17, 15) is 4.79 Å². The van der Waals surface area contributed by atoms with Crippen LogP contribution in [0.4, 0.5) is 16.2 Å². The molecule has 0 fully saturated rings. The SMILES string of the molecule is CCOC(=O)Nc1cccc(NCc2nc(-c3ccc(C(C)C)cc3)no2)c1C. The van der Waals surface area contributed by atoms with Crippen LogP contribution in [0.3, 0.4) is 0 Å². The molecule has 7 heteroatoms. The number of hydrogen-bond acceptors (Lipinski definition) is 6. The van der Waals surface area contributed by atoms with Gasteiger partial charge < -0.3 is 14.6 Å². The molecule has 0 saturated heterocycles. The highest BCUT2D eigenvalue weighted by Crippen LogP contribution is 2.25. The molecule has 29 heavy (non-hydrogen) atoms. The van der Waals surface area contributed by atoms with E-state index in [1.54, 1.807) is 6.92 Å². The fourth-order valence-electron chi connectivity index (χ4n) is 2.87. The summed E-state index contributed by atoms with van der Waals surface area (Å²) in [7, 11) is 0. The largest absolute Gasteiger partial charge is 0.450 e. The summed E-state index contributed by atoms with van der Waals surface area (Å²) >= 11 is 0. The molecule has 7 nitrogen and oxygen atoms in total. The van der Waals surface area contributed by atoms with Crippen molar-refractivity contribution >= 4 is 17.5 Å². The molecule has 2 aromatic carbocycles. The first kappa shape index (κ1) is 20.4. The van der Waals surface area contributed by atoms with E-state index in [-0.39, 0.29) is 0 Å². The molecule has 152 valence electrons. The average molecular weight is 394 g/mol. The molecule has 0 unspecified atom stereocenters. The highest BCUT2D eigenvalue weighted by Gasteiger charge is 2.11. The summed E-state index contributed by atoms with van der Waals surface area (Å²) in [6, 6.07) is 13.8. The maximum Gasteiger partial charge on any atom is 0.411 e. The minimum absolute atomic E-state index is 0.322. The number of ether oxygens (including phenoxy) is 1. The molecular formula is C22H26N4O3. The summed E-state index contributed by atoms with van der Waals surface area (Å²) in [4.78, 5) is 16.1. The second-order valence-corrected chi connectivity index (χ2v) is 6.97. The summed E-state index contributed by atoms with van der Waals surface area (Å²) in [5.41, 5.74) is 4.63. The van der Waals surface area contributed by atoms with Gasteiger partial charge in [-0.15, -0.1) is 0 Å². The predicted molar refractivity (Wildman–Crippen MR) is 113 cm³/mol. The highest BCUT2D eigenvalue weighted by atomic mass is 16.5. The molecule has 3 rings (SSSR count). The summed E-state index contributed by atoms with van der Waals surface area (Å²) in [6.07, 6.45) is -0.474. The van der Waals surface area contributed by atoms with E-state index >= 15 is 0 Å². The Labute approximate surface area is 170 Å². The zero-order valence-electron chi connectivity index (χ0n) is 17.2. The van der Waals surface area contributed by atoms with Gasteiger partial charge in [-0.25, -0.2) is 4.79 Å². The van der Waals surface area contributed by atoms with E-state index in [1.165, 1.54) is 5.56 Å². The third-order valence-electron chi connectivity index (χ3n) is 4.58. The van der Waals surface area contributed by atoms with Crippen LogP contribution in [0.1, 0.15) is 43.7 Å². The van der Waals surface area contributed by atoms with Gasteiger partial charge in [0.1, 0.15) is 0 Å². The summed E-state index contributed by atoms with van der Waals surface area (Å²) in [5.74, 6) is 1.52. The third kappa shape index (κ3) is 5.13. The third-order valence-corrected chi connectivity index (χ3v) is 4.58. The lowest BCUT2D eigenvalue weighted by Gasteiger charge is -2.13. The first-order valence-electron chi connectivity index (χ1n) is 9.68. The Morgan fingerprint density at radius 1 is 1.14 bits per heavy atom. The molecule has 0 bridgehead atoms. The lowest BCUT2D eigenvalue weighted by molar-refractivity contribution is 0.168. The first-order chi connectivity index (χ1) is 14.0. The lowest BCUT2D eigenvalue weighted by Crippen LogP contribution is -2.14. The van der Waals surface area contributed by atoms with Crippen LogP contribution in [0.15, 0.2) is 47.0 Å². The monoisotopic (exact) mass is 394 g/mol. The number of anilines is 2. The molecule has 1 heterocycles. The van der Waals surface area contributed by atoms with Crippen LogP contribution in [0.2, 0.25) is 0 Å². The number of amides is 1. The molecule has 1 amide bonds. The van der Waals surface area contributed by atoms with Crippen molar-refractivity contribution in [2.45, 2.75) is 40.2 Å². The standard InChI is InChI=1S/C22H26N4O3/c1-5-28-22(27)24-19-8-6-7-18(15(19)4)23-13-20-25-21(26-29-20)17-11-9-16(10-12-17)14(2)3/h6-12,14,23H,5,13H2,1-4H3,(H,24,27). The number of nitrogens with zero attached hydrogens (tertiary/aromatic N) is 2. The van der Waals surface area contributed by atoms with Crippen LogP contribution in [0.5, 0.6) is 0 Å². The molecule has 0 radical (unpaired) electrons. The zero-order valence-corrected chi connectivity index (χ0v) is 17.2. The fourth-order valence-corrected chi connectivity index (χ4v) is 2.87. The highest BCUT2D eigenvalue weighted by molar-refractivity contribution is 5.87. The Bertz CT molecular complexity index is 964. The quantitative estimate of drug-likeness (QED) is 0.561. The fraction of sp³-hybridized carbons (Fsp3) is 0.318. The van der Waals surface area contributed by atoms with E-state index in [0.717, 1.165) is 16.8 Å². The van der Waals surface area contributed by atoms with Crippen LogP contribution < -0.4 is 10.6 Å². The Morgan fingerprint density at radius 3 is 2.55 bits per heavy atom. The van der Waals surface area contributed by atoms with Gasteiger partial charge in [0.2, 0.25) is 11.7 Å². The van der Waals surface area contributed by atoms with Gasteiger partial charge in [0, 0.05) is 16.9 Å². The maximum absolute atomic E-state index is 11.7. The van der Waals surface area contributed by atoms with Crippen LogP contribution >= 0.6 is 0 Å². The smallest absolute Gasteiger partial charge is 0.411 e. The molecular weight excluding hydrogens is 368 g/mol. The van der Waals surface area contributed by atoms with Gasteiger partial charge >= 0.3 is 6.09 Å². The molecule has 0 spiro atoms.